The Hall–Kier alpha value is -4.03. The minimum absolute atomic E-state index is 0.00294. The molecule has 0 saturated carbocycles. The molecule has 4 aromatic rings. The van der Waals surface area contributed by atoms with E-state index >= 15 is 0 Å². The highest BCUT2D eigenvalue weighted by atomic mass is 16.5. The van der Waals surface area contributed by atoms with Gasteiger partial charge in [-0.05, 0) is 42.9 Å². The van der Waals surface area contributed by atoms with Crippen molar-refractivity contribution in [1.29, 1.82) is 0 Å². The molecule has 0 fully saturated rings. The van der Waals surface area contributed by atoms with E-state index in [1.165, 1.54) is 5.56 Å². The van der Waals surface area contributed by atoms with Crippen molar-refractivity contribution >= 4 is 11.8 Å². The maximum atomic E-state index is 12.2. The summed E-state index contributed by atoms with van der Waals surface area (Å²) in [6, 6.07) is 25.7. The summed E-state index contributed by atoms with van der Waals surface area (Å²) in [5.41, 5.74) is 6.52. The summed E-state index contributed by atoms with van der Waals surface area (Å²) in [7, 11) is 1.72. The van der Waals surface area contributed by atoms with E-state index in [1.54, 1.807) is 19.2 Å². The SMILES string of the molecule is COC(CCCc1ccccc1)c1c(C)noc1-c1ccc(-c2ccc(C(=O)CCC(=O)O)cc2)cc1. The molecule has 6 heteroatoms. The highest BCUT2D eigenvalue weighted by Gasteiger charge is 2.23. The Kier molecular flexibility index (Phi) is 8.64. The Morgan fingerprint density at radius 2 is 1.51 bits per heavy atom. The number of Topliss-reactive ketones (excluding diaryl/α,β-unsaturated/α-hetero) is 1. The van der Waals surface area contributed by atoms with E-state index in [4.69, 9.17) is 14.4 Å². The Labute approximate surface area is 216 Å². The number of benzene rings is 3. The first-order chi connectivity index (χ1) is 18.0. The maximum absolute atomic E-state index is 12.2. The van der Waals surface area contributed by atoms with Gasteiger partial charge in [0.2, 0.25) is 0 Å². The van der Waals surface area contributed by atoms with Crippen molar-refractivity contribution in [2.75, 3.05) is 7.11 Å². The Morgan fingerprint density at radius 3 is 2.14 bits per heavy atom. The molecule has 0 saturated heterocycles. The third-order valence-corrected chi connectivity index (χ3v) is 6.54. The summed E-state index contributed by atoms with van der Waals surface area (Å²) in [6.07, 6.45) is 2.55. The van der Waals surface area contributed by atoms with Crippen molar-refractivity contribution in [2.24, 2.45) is 0 Å². The van der Waals surface area contributed by atoms with Crippen molar-refractivity contribution in [3.8, 4) is 22.5 Å². The number of carboxylic acid groups (broad SMARTS) is 1. The van der Waals surface area contributed by atoms with E-state index < -0.39 is 5.97 Å². The summed E-state index contributed by atoms with van der Waals surface area (Å²) < 4.78 is 11.6. The largest absolute Gasteiger partial charge is 0.481 e. The van der Waals surface area contributed by atoms with Gasteiger partial charge in [0.25, 0.3) is 0 Å². The molecule has 0 bridgehead atoms. The lowest BCUT2D eigenvalue weighted by Crippen LogP contribution is -2.04. The van der Waals surface area contributed by atoms with Crippen LogP contribution >= 0.6 is 0 Å². The number of nitrogens with zero attached hydrogens (tertiary/aromatic N) is 1. The predicted octanol–water partition coefficient (Wildman–Crippen LogP) is 7.07. The highest BCUT2D eigenvalue weighted by Crippen LogP contribution is 2.36. The maximum Gasteiger partial charge on any atom is 0.303 e. The minimum Gasteiger partial charge on any atom is -0.481 e. The number of aromatic nitrogens is 1. The van der Waals surface area contributed by atoms with Gasteiger partial charge in [-0.15, -0.1) is 0 Å². The topological polar surface area (TPSA) is 89.6 Å². The van der Waals surface area contributed by atoms with Gasteiger partial charge >= 0.3 is 5.97 Å². The van der Waals surface area contributed by atoms with Gasteiger partial charge in [-0.25, -0.2) is 0 Å². The zero-order valence-electron chi connectivity index (χ0n) is 21.1. The molecule has 1 aromatic heterocycles. The van der Waals surface area contributed by atoms with Gasteiger partial charge in [-0.3, -0.25) is 9.59 Å². The first-order valence-electron chi connectivity index (χ1n) is 12.4. The number of methoxy groups -OCH3 is 1. The summed E-state index contributed by atoms with van der Waals surface area (Å²) in [5.74, 6) is -0.428. The molecule has 6 nitrogen and oxygen atoms in total. The van der Waals surface area contributed by atoms with Crippen LogP contribution in [0.3, 0.4) is 0 Å². The van der Waals surface area contributed by atoms with E-state index in [-0.39, 0.29) is 24.7 Å². The normalized spacial score (nSPS) is 11.8. The molecule has 1 N–H and O–H groups in total. The van der Waals surface area contributed by atoms with E-state index in [0.717, 1.165) is 53.0 Å². The van der Waals surface area contributed by atoms with Crippen LogP contribution in [-0.2, 0) is 16.0 Å². The van der Waals surface area contributed by atoms with Gasteiger partial charge in [0.1, 0.15) is 0 Å². The molecule has 0 aliphatic carbocycles. The Bertz CT molecular complexity index is 1320. The Morgan fingerprint density at radius 1 is 0.892 bits per heavy atom. The fourth-order valence-electron chi connectivity index (χ4n) is 4.51. The molecule has 1 heterocycles. The number of carbonyl (C=O) groups is 2. The van der Waals surface area contributed by atoms with Crippen molar-refractivity contribution in [3.05, 3.63) is 101 Å². The minimum atomic E-state index is -0.973. The van der Waals surface area contributed by atoms with Gasteiger partial charge in [0.05, 0.1) is 23.8 Å². The van der Waals surface area contributed by atoms with Crippen LogP contribution < -0.4 is 0 Å². The van der Waals surface area contributed by atoms with E-state index in [2.05, 4.69) is 29.4 Å². The molecular formula is C31H31NO5. The van der Waals surface area contributed by atoms with Crippen molar-refractivity contribution in [1.82, 2.24) is 5.16 Å². The van der Waals surface area contributed by atoms with E-state index in [9.17, 15) is 9.59 Å². The molecule has 0 radical (unpaired) electrons. The second-order valence-corrected chi connectivity index (χ2v) is 9.08. The number of aliphatic carboxylic acids is 1. The number of carboxylic acids is 1. The highest BCUT2D eigenvalue weighted by molar-refractivity contribution is 5.97. The molecule has 0 amide bonds. The third kappa shape index (κ3) is 6.60. The van der Waals surface area contributed by atoms with Crippen molar-refractivity contribution in [2.45, 2.75) is 45.1 Å². The van der Waals surface area contributed by atoms with Crippen LogP contribution in [0.25, 0.3) is 22.5 Å². The summed E-state index contributed by atoms with van der Waals surface area (Å²) >= 11 is 0. The fraction of sp³-hybridized carbons (Fsp3) is 0.258. The summed E-state index contributed by atoms with van der Waals surface area (Å²) in [5, 5.41) is 13.0. The number of ether oxygens (including phenoxy) is 1. The lowest BCUT2D eigenvalue weighted by atomic mass is 9.96. The number of ketones is 1. The van der Waals surface area contributed by atoms with Crippen molar-refractivity contribution < 1.29 is 24.0 Å². The fourth-order valence-corrected chi connectivity index (χ4v) is 4.51. The number of aryl methyl sites for hydroxylation is 2. The van der Waals surface area contributed by atoms with Gasteiger partial charge in [0.15, 0.2) is 11.5 Å². The molecule has 1 unspecified atom stereocenters. The average Bonchev–Trinajstić information content (AvgIpc) is 3.31. The smallest absolute Gasteiger partial charge is 0.303 e. The molecule has 4 rings (SSSR count). The van der Waals surface area contributed by atoms with Crippen LogP contribution in [0.1, 0.15) is 59.0 Å². The van der Waals surface area contributed by atoms with Crippen LogP contribution in [-0.4, -0.2) is 29.1 Å². The van der Waals surface area contributed by atoms with E-state index in [1.807, 2.05) is 49.4 Å². The number of rotatable bonds is 12. The molecule has 0 spiro atoms. The lowest BCUT2D eigenvalue weighted by molar-refractivity contribution is -0.136. The monoisotopic (exact) mass is 497 g/mol. The molecule has 1 atom stereocenters. The average molecular weight is 498 g/mol. The van der Waals surface area contributed by atoms with Crippen LogP contribution in [0.4, 0.5) is 0 Å². The first kappa shape index (κ1) is 26.0. The first-order valence-corrected chi connectivity index (χ1v) is 12.4. The van der Waals surface area contributed by atoms with E-state index in [0.29, 0.717) is 5.56 Å². The van der Waals surface area contributed by atoms with Gasteiger partial charge in [-0.2, -0.15) is 0 Å². The molecular weight excluding hydrogens is 466 g/mol. The van der Waals surface area contributed by atoms with Crippen LogP contribution in [0.2, 0.25) is 0 Å². The van der Waals surface area contributed by atoms with Crippen LogP contribution in [0.5, 0.6) is 0 Å². The quantitative estimate of drug-likeness (QED) is 0.210. The van der Waals surface area contributed by atoms with Crippen LogP contribution in [0.15, 0.2) is 83.4 Å². The molecule has 0 aliphatic rings. The van der Waals surface area contributed by atoms with Gasteiger partial charge in [0, 0.05) is 24.7 Å². The molecule has 3 aromatic carbocycles. The Balaban J connectivity index is 1.46. The summed E-state index contributed by atoms with van der Waals surface area (Å²) in [4.78, 5) is 22.9. The second-order valence-electron chi connectivity index (χ2n) is 9.08. The molecule has 37 heavy (non-hydrogen) atoms. The molecule has 190 valence electrons. The number of hydrogen-bond donors (Lipinski definition) is 1. The van der Waals surface area contributed by atoms with Gasteiger partial charge < -0.3 is 14.4 Å². The van der Waals surface area contributed by atoms with Crippen LogP contribution in [0, 0.1) is 6.92 Å². The van der Waals surface area contributed by atoms with Crippen molar-refractivity contribution in [3.63, 3.8) is 0 Å². The summed E-state index contributed by atoms with van der Waals surface area (Å²) in [6.45, 7) is 1.94. The predicted molar refractivity (Wildman–Crippen MR) is 142 cm³/mol. The zero-order chi connectivity index (χ0) is 26.2. The number of carbonyl (C=O) groups excluding carboxylic acids is 1. The standard InChI is InChI=1S/C31H31NO5/c1-21-30(28(36-2)10-6-9-22-7-4-3-5-8-22)31(37-32-21)26-17-13-24(14-18-26)23-11-15-25(16-12-23)27(33)19-20-29(34)35/h3-5,7-8,11-18,28H,6,9-10,19-20H2,1-2H3,(H,34,35). The zero-order valence-corrected chi connectivity index (χ0v) is 21.1. The lowest BCUT2D eigenvalue weighted by Gasteiger charge is -2.16. The third-order valence-electron chi connectivity index (χ3n) is 6.54. The number of hydrogen-bond acceptors (Lipinski definition) is 5. The van der Waals surface area contributed by atoms with Gasteiger partial charge in [-0.1, -0.05) is 84.0 Å². The molecule has 0 aliphatic heterocycles. The second kappa shape index (κ2) is 12.3.